The van der Waals surface area contributed by atoms with E-state index in [2.05, 4.69) is 37.4 Å². The SMILES string of the molecule is CC(=O)Nc1ccc(SCc2cc(C)ccc2C)cc1. The summed E-state index contributed by atoms with van der Waals surface area (Å²) in [6, 6.07) is 14.5. The van der Waals surface area contributed by atoms with Crippen molar-refractivity contribution in [2.45, 2.75) is 31.4 Å². The topological polar surface area (TPSA) is 29.1 Å². The number of aryl methyl sites for hydroxylation is 2. The molecule has 0 aliphatic rings. The molecule has 2 aromatic carbocycles. The largest absolute Gasteiger partial charge is 0.326 e. The zero-order valence-electron chi connectivity index (χ0n) is 12.1. The molecular weight excluding hydrogens is 266 g/mol. The van der Waals surface area contributed by atoms with E-state index >= 15 is 0 Å². The van der Waals surface area contributed by atoms with Crippen LogP contribution in [-0.2, 0) is 10.5 Å². The van der Waals surface area contributed by atoms with Gasteiger partial charge < -0.3 is 5.32 Å². The molecule has 0 fully saturated rings. The predicted octanol–water partition coefficient (Wildman–Crippen LogP) is 4.55. The van der Waals surface area contributed by atoms with Gasteiger partial charge in [-0.3, -0.25) is 4.79 Å². The highest BCUT2D eigenvalue weighted by Gasteiger charge is 2.01. The molecule has 2 nitrogen and oxygen atoms in total. The Kier molecular flexibility index (Phi) is 4.85. The third kappa shape index (κ3) is 4.14. The number of rotatable bonds is 4. The summed E-state index contributed by atoms with van der Waals surface area (Å²) in [6.45, 7) is 5.79. The van der Waals surface area contributed by atoms with E-state index in [-0.39, 0.29) is 5.91 Å². The number of thioether (sulfide) groups is 1. The maximum Gasteiger partial charge on any atom is 0.221 e. The molecule has 0 bridgehead atoms. The van der Waals surface area contributed by atoms with Crippen molar-refractivity contribution >= 4 is 23.4 Å². The van der Waals surface area contributed by atoms with Crippen LogP contribution in [-0.4, -0.2) is 5.91 Å². The van der Waals surface area contributed by atoms with Crippen molar-refractivity contribution in [3.05, 3.63) is 59.2 Å². The van der Waals surface area contributed by atoms with Crippen molar-refractivity contribution in [3.8, 4) is 0 Å². The van der Waals surface area contributed by atoms with Crippen molar-refractivity contribution < 1.29 is 4.79 Å². The van der Waals surface area contributed by atoms with Crippen LogP contribution in [0.5, 0.6) is 0 Å². The van der Waals surface area contributed by atoms with Crippen LogP contribution in [0, 0.1) is 13.8 Å². The van der Waals surface area contributed by atoms with Crippen LogP contribution in [0.2, 0.25) is 0 Å². The highest BCUT2D eigenvalue weighted by atomic mass is 32.2. The lowest BCUT2D eigenvalue weighted by molar-refractivity contribution is -0.114. The van der Waals surface area contributed by atoms with E-state index in [0.717, 1.165) is 11.4 Å². The summed E-state index contributed by atoms with van der Waals surface area (Å²) in [6.07, 6.45) is 0. The molecule has 2 rings (SSSR count). The molecule has 0 spiro atoms. The quantitative estimate of drug-likeness (QED) is 0.835. The fraction of sp³-hybridized carbons (Fsp3) is 0.235. The van der Waals surface area contributed by atoms with E-state index in [1.807, 2.05) is 36.0 Å². The minimum absolute atomic E-state index is 0.0409. The smallest absolute Gasteiger partial charge is 0.221 e. The van der Waals surface area contributed by atoms with E-state index in [1.54, 1.807) is 0 Å². The third-order valence-electron chi connectivity index (χ3n) is 3.07. The minimum Gasteiger partial charge on any atom is -0.326 e. The summed E-state index contributed by atoms with van der Waals surface area (Å²) in [4.78, 5) is 12.2. The van der Waals surface area contributed by atoms with Gasteiger partial charge in [-0.25, -0.2) is 0 Å². The molecule has 0 radical (unpaired) electrons. The summed E-state index contributed by atoms with van der Waals surface area (Å²) in [7, 11) is 0. The molecule has 0 heterocycles. The van der Waals surface area contributed by atoms with Crippen LogP contribution in [0.4, 0.5) is 5.69 Å². The predicted molar refractivity (Wildman–Crippen MR) is 86.2 cm³/mol. The summed E-state index contributed by atoms with van der Waals surface area (Å²) in [5, 5.41) is 2.77. The van der Waals surface area contributed by atoms with Crippen molar-refractivity contribution in [1.82, 2.24) is 0 Å². The van der Waals surface area contributed by atoms with E-state index < -0.39 is 0 Å². The van der Waals surface area contributed by atoms with Gasteiger partial charge in [0.1, 0.15) is 0 Å². The molecule has 0 aromatic heterocycles. The molecule has 0 aliphatic heterocycles. The molecule has 0 aliphatic carbocycles. The molecule has 0 unspecified atom stereocenters. The lowest BCUT2D eigenvalue weighted by Crippen LogP contribution is -2.05. The fourth-order valence-corrected chi connectivity index (χ4v) is 2.92. The number of carbonyl (C=O) groups is 1. The Morgan fingerprint density at radius 2 is 1.80 bits per heavy atom. The van der Waals surface area contributed by atoms with E-state index in [4.69, 9.17) is 0 Å². The van der Waals surface area contributed by atoms with Crippen LogP contribution in [0.25, 0.3) is 0 Å². The van der Waals surface area contributed by atoms with Crippen LogP contribution in [0.1, 0.15) is 23.6 Å². The van der Waals surface area contributed by atoms with Gasteiger partial charge in [0.05, 0.1) is 0 Å². The number of amides is 1. The van der Waals surface area contributed by atoms with Gasteiger partial charge in [0.25, 0.3) is 0 Å². The number of hydrogen-bond donors (Lipinski definition) is 1. The van der Waals surface area contributed by atoms with Crippen molar-refractivity contribution in [2.75, 3.05) is 5.32 Å². The van der Waals surface area contributed by atoms with Crippen molar-refractivity contribution in [1.29, 1.82) is 0 Å². The highest BCUT2D eigenvalue weighted by Crippen LogP contribution is 2.26. The van der Waals surface area contributed by atoms with Gasteiger partial charge in [-0.1, -0.05) is 23.8 Å². The zero-order valence-corrected chi connectivity index (χ0v) is 12.9. The lowest BCUT2D eigenvalue weighted by atomic mass is 10.1. The maximum atomic E-state index is 11.0. The third-order valence-corrected chi connectivity index (χ3v) is 4.13. The molecule has 1 N–H and O–H groups in total. The van der Waals surface area contributed by atoms with Gasteiger partial charge >= 0.3 is 0 Å². The zero-order chi connectivity index (χ0) is 14.5. The van der Waals surface area contributed by atoms with E-state index in [9.17, 15) is 4.79 Å². The minimum atomic E-state index is -0.0409. The Bertz CT molecular complexity index is 605. The summed E-state index contributed by atoms with van der Waals surface area (Å²) >= 11 is 1.81. The molecular formula is C17H19NOS. The number of anilines is 1. The van der Waals surface area contributed by atoms with Gasteiger partial charge in [-0.2, -0.15) is 0 Å². The Morgan fingerprint density at radius 3 is 2.45 bits per heavy atom. The molecule has 2 aromatic rings. The fourth-order valence-electron chi connectivity index (χ4n) is 1.95. The van der Waals surface area contributed by atoms with E-state index in [0.29, 0.717) is 0 Å². The second-order valence-electron chi connectivity index (χ2n) is 4.92. The first-order valence-corrected chi connectivity index (χ1v) is 7.60. The molecule has 0 atom stereocenters. The second-order valence-corrected chi connectivity index (χ2v) is 5.97. The number of carbonyl (C=O) groups excluding carboxylic acids is 1. The molecule has 104 valence electrons. The first-order chi connectivity index (χ1) is 9.54. The molecule has 0 saturated heterocycles. The van der Waals surface area contributed by atoms with Crippen LogP contribution < -0.4 is 5.32 Å². The summed E-state index contributed by atoms with van der Waals surface area (Å²) in [5.41, 5.74) is 4.85. The van der Waals surface area contributed by atoms with Gasteiger partial charge in [0.2, 0.25) is 5.91 Å². The average Bonchev–Trinajstić information content (AvgIpc) is 2.41. The monoisotopic (exact) mass is 285 g/mol. The lowest BCUT2D eigenvalue weighted by Gasteiger charge is -2.08. The normalized spacial score (nSPS) is 10.3. The van der Waals surface area contributed by atoms with Crippen LogP contribution in [0.3, 0.4) is 0 Å². The maximum absolute atomic E-state index is 11.0. The standard InChI is InChI=1S/C17H19NOS/c1-12-4-5-13(2)15(10-12)11-20-17-8-6-16(7-9-17)18-14(3)19/h4-10H,11H2,1-3H3,(H,18,19). The van der Waals surface area contributed by atoms with Gasteiger partial charge in [-0.15, -0.1) is 11.8 Å². The second kappa shape index (κ2) is 6.62. The van der Waals surface area contributed by atoms with Crippen LogP contribution in [0.15, 0.2) is 47.4 Å². The first kappa shape index (κ1) is 14.7. The number of benzene rings is 2. The molecule has 1 amide bonds. The Balaban J connectivity index is 2.00. The average molecular weight is 285 g/mol. The number of nitrogens with one attached hydrogen (secondary N) is 1. The summed E-state index contributed by atoms with van der Waals surface area (Å²) < 4.78 is 0. The van der Waals surface area contributed by atoms with Crippen molar-refractivity contribution in [3.63, 3.8) is 0 Å². The Hall–Kier alpha value is -1.74. The van der Waals surface area contributed by atoms with Gasteiger partial charge in [0.15, 0.2) is 0 Å². The molecule has 0 saturated carbocycles. The summed E-state index contributed by atoms with van der Waals surface area (Å²) in [5.74, 6) is 0.924. The van der Waals surface area contributed by atoms with Gasteiger partial charge in [0, 0.05) is 23.3 Å². The van der Waals surface area contributed by atoms with E-state index in [1.165, 1.54) is 28.5 Å². The first-order valence-electron chi connectivity index (χ1n) is 6.61. The van der Waals surface area contributed by atoms with Crippen LogP contribution >= 0.6 is 11.8 Å². The van der Waals surface area contributed by atoms with Gasteiger partial charge in [-0.05, 0) is 49.2 Å². The van der Waals surface area contributed by atoms with Crippen molar-refractivity contribution in [2.24, 2.45) is 0 Å². The Labute approximate surface area is 124 Å². The number of hydrogen-bond acceptors (Lipinski definition) is 2. The molecule has 20 heavy (non-hydrogen) atoms. The highest BCUT2D eigenvalue weighted by molar-refractivity contribution is 7.98. The molecule has 3 heteroatoms. The Morgan fingerprint density at radius 1 is 1.10 bits per heavy atom.